The van der Waals surface area contributed by atoms with Crippen LogP contribution in [0.15, 0.2) is 0 Å². The lowest BCUT2D eigenvalue weighted by atomic mass is 10.1. The first-order chi connectivity index (χ1) is 6.62. The molecule has 1 saturated heterocycles. The zero-order valence-corrected chi connectivity index (χ0v) is 11.9. The molecule has 2 aliphatic rings. The van der Waals surface area contributed by atoms with Crippen LogP contribution in [0.2, 0.25) is 0 Å². The summed E-state index contributed by atoms with van der Waals surface area (Å²) in [6, 6.07) is 0.349. The van der Waals surface area contributed by atoms with E-state index >= 15 is 0 Å². The molecule has 0 aromatic heterocycles. The molecule has 98 valence electrons. The number of piperidine rings is 1. The molecule has 1 heterocycles. The third-order valence-corrected chi connectivity index (χ3v) is 5.76. The number of hydrogen-bond donors (Lipinski definition) is 2. The summed E-state index contributed by atoms with van der Waals surface area (Å²) in [4.78, 5) is 0. The topological polar surface area (TPSA) is 56.2 Å². The number of nitrogens with zero attached hydrogens (tertiary/aromatic N) is 1. The lowest BCUT2D eigenvalue weighted by molar-refractivity contribution is 0.304. The first kappa shape index (κ1) is 16.4. The van der Waals surface area contributed by atoms with Crippen LogP contribution in [0.3, 0.4) is 0 Å². The van der Waals surface area contributed by atoms with E-state index in [1.54, 1.807) is 0 Å². The molecule has 7 heteroatoms. The van der Waals surface area contributed by atoms with Crippen molar-refractivity contribution in [2.75, 3.05) is 20.1 Å². The summed E-state index contributed by atoms with van der Waals surface area (Å²) in [5.74, 6) is 0. The first-order valence-corrected chi connectivity index (χ1v) is 6.91. The summed E-state index contributed by atoms with van der Waals surface area (Å²) in [6.07, 6.45) is 4.02. The molecule has 2 rings (SSSR count). The Bertz CT molecular complexity index is 300. The molecular weight excluding hydrogens is 269 g/mol. The van der Waals surface area contributed by atoms with Crippen LogP contribution in [-0.2, 0) is 9.92 Å². The van der Waals surface area contributed by atoms with Crippen LogP contribution in [0.1, 0.15) is 25.7 Å². The molecule has 1 aliphatic heterocycles. The molecule has 0 aromatic carbocycles. The largest absolute Gasteiger partial charge is 0.317 e. The van der Waals surface area contributed by atoms with E-state index in [9.17, 15) is 4.21 Å². The van der Waals surface area contributed by atoms with Gasteiger partial charge in [-0.3, -0.25) is 0 Å². The minimum absolute atomic E-state index is 0. The molecule has 1 atom stereocenters. The maximum Gasteiger partial charge on any atom is 0.110 e. The van der Waals surface area contributed by atoms with Gasteiger partial charge in [0.15, 0.2) is 0 Å². The van der Waals surface area contributed by atoms with E-state index < -0.39 is 9.92 Å². The van der Waals surface area contributed by atoms with Crippen LogP contribution in [0.5, 0.6) is 0 Å². The van der Waals surface area contributed by atoms with E-state index in [-0.39, 0.29) is 30.1 Å². The molecule has 0 amide bonds. The van der Waals surface area contributed by atoms with Gasteiger partial charge in [-0.15, -0.1) is 24.8 Å². The van der Waals surface area contributed by atoms with Crippen molar-refractivity contribution in [3.8, 4) is 0 Å². The molecule has 0 bridgehead atoms. The monoisotopic (exact) mass is 289 g/mol. The fourth-order valence-electron chi connectivity index (χ4n) is 2.01. The van der Waals surface area contributed by atoms with Crippen molar-refractivity contribution in [3.63, 3.8) is 0 Å². The van der Waals surface area contributed by atoms with Crippen LogP contribution >= 0.6 is 24.8 Å². The zero-order chi connectivity index (χ0) is 10.2. The molecule has 4 nitrogen and oxygen atoms in total. The van der Waals surface area contributed by atoms with Gasteiger partial charge in [-0.2, -0.15) is 0 Å². The summed E-state index contributed by atoms with van der Waals surface area (Å²) >= 11 is 0. The predicted octanol–water partition coefficient (Wildman–Crippen LogP) is 1.64. The van der Waals surface area contributed by atoms with Crippen molar-refractivity contribution in [3.05, 3.63) is 0 Å². The molecule has 0 spiro atoms. The van der Waals surface area contributed by atoms with Gasteiger partial charge >= 0.3 is 0 Å². The Hall–Kier alpha value is 0.450. The average molecular weight is 290 g/mol. The zero-order valence-electron chi connectivity index (χ0n) is 9.48. The highest BCUT2D eigenvalue weighted by molar-refractivity contribution is 7.91. The van der Waals surface area contributed by atoms with Gasteiger partial charge in [-0.05, 0) is 38.8 Å². The summed E-state index contributed by atoms with van der Waals surface area (Å²) in [6.45, 7) is 1.99. The highest BCUT2D eigenvalue weighted by Crippen LogP contribution is 2.32. The minimum atomic E-state index is -2.46. The lowest BCUT2D eigenvalue weighted by Gasteiger charge is -2.32. The van der Waals surface area contributed by atoms with Gasteiger partial charge in [-0.25, -0.2) is 13.3 Å². The van der Waals surface area contributed by atoms with E-state index in [1.165, 1.54) is 0 Å². The summed E-state index contributed by atoms with van der Waals surface area (Å²) in [5, 5.41) is 3.44. The summed E-state index contributed by atoms with van der Waals surface area (Å²) < 4.78 is 21.9. The fraction of sp³-hybridized carbons (Fsp3) is 1.00. The van der Waals surface area contributed by atoms with Crippen molar-refractivity contribution in [2.45, 2.75) is 37.0 Å². The van der Waals surface area contributed by atoms with E-state index in [1.807, 2.05) is 11.4 Å². The van der Waals surface area contributed by atoms with Gasteiger partial charge in [0.1, 0.15) is 9.92 Å². The quantitative estimate of drug-likeness (QED) is 0.830. The van der Waals surface area contributed by atoms with E-state index in [4.69, 9.17) is 4.78 Å². The van der Waals surface area contributed by atoms with E-state index in [0.717, 1.165) is 38.8 Å². The van der Waals surface area contributed by atoms with Gasteiger partial charge in [0.05, 0.1) is 5.25 Å². The summed E-state index contributed by atoms with van der Waals surface area (Å²) in [5.41, 5.74) is 0. The van der Waals surface area contributed by atoms with Crippen LogP contribution in [0.4, 0.5) is 0 Å². The van der Waals surface area contributed by atoms with Crippen LogP contribution in [-0.4, -0.2) is 39.9 Å². The second-order valence-corrected chi connectivity index (χ2v) is 6.68. The molecule has 1 aliphatic carbocycles. The SMILES string of the molecule is CN(C1CCNCC1)S(=N)(=O)C1CC1.Cl.Cl. The standard InChI is InChI=1S/C9H19N3OS.2ClH/c1-12(8-4-6-11-7-5-8)14(10,13)9-2-3-9;;/h8-11H,2-7H2,1H3;2*1H. The summed E-state index contributed by atoms with van der Waals surface area (Å²) in [7, 11) is -0.595. The van der Waals surface area contributed by atoms with Crippen molar-refractivity contribution in [1.82, 2.24) is 9.62 Å². The molecule has 0 radical (unpaired) electrons. The highest BCUT2D eigenvalue weighted by Gasteiger charge is 2.37. The Labute approximate surface area is 110 Å². The number of halogens is 2. The van der Waals surface area contributed by atoms with Crippen LogP contribution in [0.25, 0.3) is 0 Å². The Morgan fingerprint density at radius 3 is 2.12 bits per heavy atom. The molecular formula is C9H21Cl2N3OS. The lowest BCUT2D eigenvalue weighted by Crippen LogP contribution is -2.44. The van der Waals surface area contributed by atoms with Gasteiger partial charge in [0, 0.05) is 13.1 Å². The van der Waals surface area contributed by atoms with Gasteiger partial charge in [-0.1, -0.05) is 0 Å². The molecule has 1 unspecified atom stereocenters. The number of rotatable bonds is 3. The van der Waals surface area contributed by atoms with Gasteiger partial charge in [0.2, 0.25) is 0 Å². The van der Waals surface area contributed by atoms with Crippen molar-refractivity contribution in [2.24, 2.45) is 0 Å². The van der Waals surface area contributed by atoms with E-state index in [2.05, 4.69) is 5.32 Å². The number of hydrogen-bond acceptors (Lipinski definition) is 3. The van der Waals surface area contributed by atoms with Crippen molar-refractivity contribution < 1.29 is 4.21 Å². The Morgan fingerprint density at radius 2 is 1.69 bits per heavy atom. The Kier molecular flexibility index (Phi) is 6.58. The smallest absolute Gasteiger partial charge is 0.110 e. The normalized spacial score (nSPS) is 25.4. The maximum atomic E-state index is 12.1. The third-order valence-electron chi connectivity index (χ3n) is 3.23. The van der Waals surface area contributed by atoms with Crippen LogP contribution in [0, 0.1) is 4.78 Å². The first-order valence-electron chi connectivity index (χ1n) is 5.33. The minimum Gasteiger partial charge on any atom is -0.317 e. The molecule has 2 fully saturated rings. The Balaban J connectivity index is 0.00000112. The van der Waals surface area contributed by atoms with Crippen molar-refractivity contribution >= 4 is 34.7 Å². The molecule has 2 N–H and O–H groups in total. The van der Waals surface area contributed by atoms with Gasteiger partial charge in [0.25, 0.3) is 0 Å². The second-order valence-electron chi connectivity index (χ2n) is 4.30. The predicted molar refractivity (Wildman–Crippen MR) is 72.0 cm³/mol. The van der Waals surface area contributed by atoms with Crippen molar-refractivity contribution in [1.29, 1.82) is 4.78 Å². The third kappa shape index (κ3) is 3.47. The van der Waals surface area contributed by atoms with Gasteiger partial charge < -0.3 is 5.32 Å². The number of nitrogens with one attached hydrogen (secondary N) is 2. The van der Waals surface area contributed by atoms with Crippen LogP contribution < -0.4 is 5.32 Å². The Morgan fingerprint density at radius 1 is 1.19 bits per heavy atom. The molecule has 16 heavy (non-hydrogen) atoms. The highest BCUT2D eigenvalue weighted by atomic mass is 35.5. The van der Waals surface area contributed by atoms with E-state index in [0.29, 0.717) is 6.04 Å². The average Bonchev–Trinajstić information content (AvgIpc) is 3.01. The molecule has 1 saturated carbocycles. The second kappa shape index (κ2) is 6.40. The molecule has 0 aromatic rings. The maximum absolute atomic E-state index is 12.1. The fourth-order valence-corrected chi connectivity index (χ4v) is 3.91.